The zero-order valence-corrected chi connectivity index (χ0v) is 9.17. The monoisotopic (exact) mass is 223 g/mol. The Hall–Kier alpha value is -1.55. The van der Waals surface area contributed by atoms with Crippen LogP contribution in [0.5, 0.6) is 0 Å². The molecule has 0 spiro atoms. The number of anilines is 1. The van der Waals surface area contributed by atoms with E-state index in [0.717, 1.165) is 0 Å². The van der Waals surface area contributed by atoms with Crippen LogP contribution in [-0.4, -0.2) is 24.1 Å². The van der Waals surface area contributed by atoms with Gasteiger partial charge in [0, 0.05) is 19.1 Å². The normalized spacial score (nSPS) is 10.6. The zero-order chi connectivity index (χ0) is 11.0. The Kier molecular flexibility index (Phi) is 2.36. The number of nitrogens with zero attached hydrogens (tertiary/aromatic N) is 2. The van der Waals surface area contributed by atoms with E-state index in [1.165, 1.54) is 0 Å². The fourth-order valence-electron chi connectivity index (χ4n) is 1.31. The lowest BCUT2D eigenvalue weighted by Gasteiger charge is -2.10. The number of hydrogen-bond acceptors (Lipinski definition) is 3. The average molecular weight is 224 g/mol. The van der Waals surface area contributed by atoms with Crippen LogP contribution in [0.1, 0.15) is 0 Å². The van der Waals surface area contributed by atoms with Crippen LogP contribution in [-0.2, 0) is 0 Å². The molecule has 2 aromatic rings. The van der Waals surface area contributed by atoms with E-state index in [1.807, 2.05) is 14.1 Å². The molecule has 0 aliphatic rings. The molecule has 1 aromatic carbocycles. The minimum Gasteiger partial charge on any atom is -0.348 e. The molecule has 4 nitrogen and oxygen atoms in total. The highest BCUT2D eigenvalue weighted by atomic mass is 35.5. The summed E-state index contributed by atoms with van der Waals surface area (Å²) in [5.41, 5.74) is 0.454. The number of rotatable bonds is 1. The number of fused-ring (bicyclic) bond motifs is 1. The fraction of sp³-hybridized carbons (Fsp3) is 0.200. The zero-order valence-electron chi connectivity index (χ0n) is 8.41. The maximum Gasteiger partial charge on any atom is 0.260 e. The first-order valence-corrected chi connectivity index (χ1v) is 4.82. The van der Waals surface area contributed by atoms with Crippen molar-refractivity contribution in [2.45, 2.75) is 0 Å². The minimum absolute atomic E-state index is 0.152. The lowest BCUT2D eigenvalue weighted by molar-refractivity contribution is 1.00. The van der Waals surface area contributed by atoms with Crippen molar-refractivity contribution in [3.63, 3.8) is 0 Å². The molecule has 0 saturated carbocycles. The van der Waals surface area contributed by atoms with Gasteiger partial charge in [0.15, 0.2) is 0 Å². The van der Waals surface area contributed by atoms with Crippen molar-refractivity contribution < 1.29 is 0 Å². The van der Waals surface area contributed by atoms with Gasteiger partial charge in [0.2, 0.25) is 5.95 Å². The predicted octanol–water partition coefficient (Wildman–Crippen LogP) is 1.64. The summed E-state index contributed by atoms with van der Waals surface area (Å²) in [6.07, 6.45) is 0. The number of benzene rings is 1. The van der Waals surface area contributed by atoms with Crippen molar-refractivity contribution >= 4 is 28.5 Å². The molecule has 5 heteroatoms. The van der Waals surface area contributed by atoms with Crippen molar-refractivity contribution in [2.75, 3.05) is 19.0 Å². The van der Waals surface area contributed by atoms with Gasteiger partial charge in [0.1, 0.15) is 0 Å². The van der Waals surface area contributed by atoms with E-state index < -0.39 is 0 Å². The van der Waals surface area contributed by atoms with Crippen molar-refractivity contribution in [2.24, 2.45) is 0 Å². The Morgan fingerprint density at radius 3 is 2.80 bits per heavy atom. The highest BCUT2D eigenvalue weighted by molar-refractivity contribution is 6.31. The van der Waals surface area contributed by atoms with E-state index in [4.69, 9.17) is 11.6 Å². The SMILES string of the molecule is CN(C)c1nc2cc(Cl)ccc2c(=O)[nH]1. The van der Waals surface area contributed by atoms with E-state index in [0.29, 0.717) is 21.9 Å². The quantitative estimate of drug-likeness (QED) is 0.800. The van der Waals surface area contributed by atoms with E-state index in [-0.39, 0.29) is 5.56 Å². The number of H-pyrrole nitrogens is 1. The summed E-state index contributed by atoms with van der Waals surface area (Å²) in [6.45, 7) is 0. The van der Waals surface area contributed by atoms with Crippen LogP contribution in [0.3, 0.4) is 0 Å². The molecule has 0 atom stereocenters. The van der Waals surface area contributed by atoms with Gasteiger partial charge in [-0.25, -0.2) is 4.98 Å². The summed E-state index contributed by atoms with van der Waals surface area (Å²) in [6, 6.07) is 5.03. The molecular weight excluding hydrogens is 214 g/mol. The lowest BCUT2D eigenvalue weighted by Crippen LogP contribution is -2.18. The minimum atomic E-state index is -0.152. The first kappa shape index (κ1) is 9.98. The molecule has 1 aromatic heterocycles. The maximum absolute atomic E-state index is 11.6. The van der Waals surface area contributed by atoms with Gasteiger partial charge in [-0.3, -0.25) is 9.78 Å². The first-order valence-electron chi connectivity index (χ1n) is 4.45. The molecule has 2 rings (SSSR count). The summed E-state index contributed by atoms with van der Waals surface area (Å²) in [7, 11) is 3.63. The number of aromatic nitrogens is 2. The van der Waals surface area contributed by atoms with Crippen LogP contribution in [0.4, 0.5) is 5.95 Å². The molecule has 78 valence electrons. The van der Waals surface area contributed by atoms with Gasteiger partial charge in [-0.15, -0.1) is 0 Å². The lowest BCUT2D eigenvalue weighted by atomic mass is 10.2. The third kappa shape index (κ3) is 1.80. The molecule has 1 N–H and O–H groups in total. The summed E-state index contributed by atoms with van der Waals surface area (Å²) in [5, 5.41) is 1.12. The van der Waals surface area contributed by atoms with E-state index >= 15 is 0 Å². The van der Waals surface area contributed by atoms with Gasteiger partial charge in [-0.05, 0) is 18.2 Å². The number of nitrogens with one attached hydrogen (secondary N) is 1. The highest BCUT2D eigenvalue weighted by Gasteiger charge is 2.05. The predicted molar refractivity (Wildman–Crippen MR) is 61.7 cm³/mol. The third-order valence-electron chi connectivity index (χ3n) is 2.08. The molecule has 1 heterocycles. The van der Waals surface area contributed by atoms with Crippen molar-refractivity contribution in [3.05, 3.63) is 33.6 Å². The van der Waals surface area contributed by atoms with Gasteiger partial charge >= 0.3 is 0 Å². The average Bonchev–Trinajstić information content (AvgIpc) is 2.16. The van der Waals surface area contributed by atoms with Crippen LogP contribution >= 0.6 is 11.6 Å². The van der Waals surface area contributed by atoms with E-state index in [9.17, 15) is 4.79 Å². The van der Waals surface area contributed by atoms with Crippen molar-refractivity contribution in [3.8, 4) is 0 Å². The third-order valence-corrected chi connectivity index (χ3v) is 2.31. The molecule has 0 aliphatic carbocycles. The Labute approximate surface area is 91.5 Å². The molecule has 0 unspecified atom stereocenters. The van der Waals surface area contributed by atoms with Gasteiger partial charge in [0.05, 0.1) is 10.9 Å². The summed E-state index contributed by atoms with van der Waals surface area (Å²) in [5.74, 6) is 0.523. The van der Waals surface area contributed by atoms with Gasteiger partial charge < -0.3 is 4.90 Å². The molecule has 0 fully saturated rings. The van der Waals surface area contributed by atoms with Crippen LogP contribution in [0.15, 0.2) is 23.0 Å². The second-order valence-electron chi connectivity index (χ2n) is 3.45. The second kappa shape index (κ2) is 3.55. The van der Waals surface area contributed by atoms with Crippen LogP contribution < -0.4 is 10.5 Å². The molecule has 0 bridgehead atoms. The Morgan fingerprint density at radius 1 is 1.40 bits per heavy atom. The van der Waals surface area contributed by atoms with Crippen LogP contribution in [0.25, 0.3) is 10.9 Å². The standard InChI is InChI=1S/C10H10ClN3O/c1-14(2)10-12-8-5-6(11)3-4-7(8)9(15)13-10/h3-5H,1-2H3,(H,12,13,15). The van der Waals surface area contributed by atoms with Gasteiger partial charge in [0.25, 0.3) is 5.56 Å². The molecule has 0 aliphatic heterocycles. The van der Waals surface area contributed by atoms with Crippen LogP contribution in [0, 0.1) is 0 Å². The second-order valence-corrected chi connectivity index (χ2v) is 3.88. The Bertz CT molecular complexity index is 562. The molecule has 15 heavy (non-hydrogen) atoms. The molecule has 0 saturated heterocycles. The number of hydrogen-bond donors (Lipinski definition) is 1. The topological polar surface area (TPSA) is 49.0 Å². The maximum atomic E-state index is 11.6. The smallest absolute Gasteiger partial charge is 0.260 e. The largest absolute Gasteiger partial charge is 0.348 e. The highest BCUT2D eigenvalue weighted by Crippen LogP contribution is 2.15. The van der Waals surface area contributed by atoms with E-state index in [1.54, 1.807) is 23.1 Å². The first-order chi connectivity index (χ1) is 7.08. The molecule has 0 amide bonds. The van der Waals surface area contributed by atoms with E-state index in [2.05, 4.69) is 9.97 Å². The number of halogens is 1. The van der Waals surface area contributed by atoms with Crippen molar-refractivity contribution in [1.82, 2.24) is 9.97 Å². The Balaban J connectivity index is 2.80. The summed E-state index contributed by atoms with van der Waals surface area (Å²) in [4.78, 5) is 20.4. The Morgan fingerprint density at radius 2 is 2.13 bits per heavy atom. The molecule has 0 radical (unpaired) electrons. The summed E-state index contributed by atoms with van der Waals surface area (Å²) >= 11 is 5.84. The molecular formula is C10H10ClN3O. The van der Waals surface area contributed by atoms with Gasteiger partial charge in [-0.2, -0.15) is 0 Å². The van der Waals surface area contributed by atoms with Crippen LogP contribution in [0.2, 0.25) is 5.02 Å². The van der Waals surface area contributed by atoms with Gasteiger partial charge in [-0.1, -0.05) is 11.6 Å². The number of aromatic amines is 1. The fourth-order valence-corrected chi connectivity index (χ4v) is 1.48. The van der Waals surface area contributed by atoms with Crippen molar-refractivity contribution in [1.29, 1.82) is 0 Å². The summed E-state index contributed by atoms with van der Waals surface area (Å²) < 4.78 is 0.